The summed E-state index contributed by atoms with van der Waals surface area (Å²) in [5.74, 6) is 1.25. The number of rotatable bonds is 5. The third kappa shape index (κ3) is 3.25. The molecule has 1 heterocycles. The molecule has 0 saturated carbocycles. The van der Waals surface area contributed by atoms with Crippen molar-refractivity contribution in [2.45, 2.75) is 33.1 Å². The molecule has 3 heteroatoms. The summed E-state index contributed by atoms with van der Waals surface area (Å²) in [7, 11) is 0. The number of benzene rings is 1. The van der Waals surface area contributed by atoms with Crippen LogP contribution in [-0.4, -0.2) is 30.5 Å². The molecule has 2 rings (SSSR count). The van der Waals surface area contributed by atoms with Crippen LogP contribution in [0, 0.1) is 13.8 Å². The zero-order valence-corrected chi connectivity index (χ0v) is 11.2. The van der Waals surface area contributed by atoms with Crippen molar-refractivity contribution in [3.05, 3.63) is 29.3 Å². The molecule has 98 valence electrons. The van der Waals surface area contributed by atoms with Crippen LogP contribution in [0.4, 0.5) is 0 Å². The van der Waals surface area contributed by atoms with Crippen molar-refractivity contribution in [3.63, 3.8) is 0 Å². The number of likely N-dealkylation sites (tertiary alicyclic amines) is 1. The number of hydrogen-bond donors (Lipinski definition) is 0. The van der Waals surface area contributed by atoms with E-state index < -0.39 is 0 Å². The van der Waals surface area contributed by atoms with Gasteiger partial charge in [0.2, 0.25) is 5.91 Å². The molecule has 1 aliphatic heterocycles. The number of carbonyl (C=O) groups excluding carboxylic acids is 1. The van der Waals surface area contributed by atoms with Crippen molar-refractivity contribution < 1.29 is 9.53 Å². The predicted molar refractivity (Wildman–Crippen MR) is 71.8 cm³/mol. The Hall–Kier alpha value is -1.51. The first-order valence-electron chi connectivity index (χ1n) is 6.64. The fraction of sp³-hybridized carbons (Fsp3) is 0.533. The summed E-state index contributed by atoms with van der Waals surface area (Å²) in [4.78, 5) is 13.4. The monoisotopic (exact) mass is 247 g/mol. The Morgan fingerprint density at radius 3 is 2.89 bits per heavy atom. The smallest absolute Gasteiger partial charge is 0.222 e. The van der Waals surface area contributed by atoms with Gasteiger partial charge in [-0.3, -0.25) is 4.79 Å². The van der Waals surface area contributed by atoms with E-state index in [1.165, 1.54) is 5.56 Å². The van der Waals surface area contributed by atoms with Crippen LogP contribution in [0.5, 0.6) is 5.75 Å². The van der Waals surface area contributed by atoms with Gasteiger partial charge in [-0.2, -0.15) is 0 Å². The van der Waals surface area contributed by atoms with Gasteiger partial charge in [0.05, 0.1) is 6.61 Å². The second-order valence-electron chi connectivity index (χ2n) is 4.96. The van der Waals surface area contributed by atoms with E-state index in [1.807, 2.05) is 4.90 Å². The lowest BCUT2D eigenvalue weighted by Gasteiger charge is -2.16. The number of ether oxygens (including phenoxy) is 1. The summed E-state index contributed by atoms with van der Waals surface area (Å²) in [6, 6.07) is 6.23. The van der Waals surface area contributed by atoms with E-state index in [4.69, 9.17) is 4.74 Å². The largest absolute Gasteiger partial charge is 0.493 e. The molecule has 0 unspecified atom stereocenters. The third-order valence-electron chi connectivity index (χ3n) is 3.34. The minimum atomic E-state index is 0.293. The van der Waals surface area contributed by atoms with Crippen LogP contribution in [0.2, 0.25) is 0 Å². The topological polar surface area (TPSA) is 29.5 Å². The first kappa shape index (κ1) is 12.9. The van der Waals surface area contributed by atoms with Crippen molar-refractivity contribution in [1.29, 1.82) is 0 Å². The van der Waals surface area contributed by atoms with Gasteiger partial charge in [-0.15, -0.1) is 0 Å². The fourth-order valence-corrected chi connectivity index (χ4v) is 2.24. The van der Waals surface area contributed by atoms with E-state index in [2.05, 4.69) is 32.0 Å². The van der Waals surface area contributed by atoms with Gasteiger partial charge < -0.3 is 9.64 Å². The van der Waals surface area contributed by atoms with Crippen LogP contribution >= 0.6 is 0 Å². The van der Waals surface area contributed by atoms with Crippen LogP contribution < -0.4 is 4.74 Å². The normalized spacial score (nSPS) is 15.2. The summed E-state index contributed by atoms with van der Waals surface area (Å²) in [6.45, 7) is 6.54. The molecular formula is C15H21NO2. The Labute approximate surface area is 109 Å². The molecule has 3 nitrogen and oxygen atoms in total. The maximum atomic E-state index is 11.4. The van der Waals surface area contributed by atoms with Crippen molar-refractivity contribution >= 4 is 5.91 Å². The molecule has 0 radical (unpaired) electrons. The second-order valence-corrected chi connectivity index (χ2v) is 4.96. The SMILES string of the molecule is Cc1ccc(C)c(OCCCN2CCCC2=O)c1. The highest BCUT2D eigenvalue weighted by atomic mass is 16.5. The molecule has 18 heavy (non-hydrogen) atoms. The Kier molecular flexibility index (Phi) is 4.24. The van der Waals surface area contributed by atoms with Crippen molar-refractivity contribution in [3.8, 4) is 5.75 Å². The Bertz CT molecular complexity index is 429. The molecule has 1 amide bonds. The molecule has 0 spiro atoms. The third-order valence-corrected chi connectivity index (χ3v) is 3.34. The minimum absolute atomic E-state index is 0.293. The van der Waals surface area contributed by atoms with Gasteiger partial charge in [0.15, 0.2) is 0 Å². The molecule has 0 N–H and O–H groups in total. The van der Waals surface area contributed by atoms with Crippen LogP contribution in [0.1, 0.15) is 30.4 Å². The molecule has 1 aromatic rings. The van der Waals surface area contributed by atoms with E-state index in [9.17, 15) is 4.79 Å². The minimum Gasteiger partial charge on any atom is -0.493 e. The van der Waals surface area contributed by atoms with Gasteiger partial charge in [-0.25, -0.2) is 0 Å². The Morgan fingerprint density at radius 1 is 1.33 bits per heavy atom. The van der Waals surface area contributed by atoms with E-state index in [0.717, 1.165) is 43.7 Å². The first-order chi connectivity index (χ1) is 8.66. The van der Waals surface area contributed by atoms with Gasteiger partial charge >= 0.3 is 0 Å². The lowest BCUT2D eigenvalue weighted by Crippen LogP contribution is -2.26. The van der Waals surface area contributed by atoms with Crippen LogP contribution in [0.25, 0.3) is 0 Å². The van der Waals surface area contributed by atoms with Crippen molar-refractivity contribution in [2.75, 3.05) is 19.7 Å². The number of aryl methyl sites for hydroxylation is 2. The Morgan fingerprint density at radius 2 is 2.17 bits per heavy atom. The highest BCUT2D eigenvalue weighted by Crippen LogP contribution is 2.19. The van der Waals surface area contributed by atoms with E-state index in [-0.39, 0.29) is 0 Å². The van der Waals surface area contributed by atoms with E-state index in [0.29, 0.717) is 12.5 Å². The predicted octanol–water partition coefficient (Wildman–Crippen LogP) is 2.69. The zero-order chi connectivity index (χ0) is 13.0. The van der Waals surface area contributed by atoms with Crippen LogP contribution in [0.3, 0.4) is 0 Å². The molecule has 1 saturated heterocycles. The number of carbonyl (C=O) groups is 1. The van der Waals surface area contributed by atoms with Crippen molar-refractivity contribution in [1.82, 2.24) is 4.90 Å². The Balaban J connectivity index is 1.75. The lowest BCUT2D eigenvalue weighted by molar-refractivity contribution is -0.127. The summed E-state index contributed by atoms with van der Waals surface area (Å²) < 4.78 is 5.77. The molecule has 1 aliphatic rings. The van der Waals surface area contributed by atoms with Gasteiger partial charge in [0.25, 0.3) is 0 Å². The van der Waals surface area contributed by atoms with Gasteiger partial charge in [0, 0.05) is 19.5 Å². The molecule has 0 aromatic heterocycles. The number of amides is 1. The van der Waals surface area contributed by atoms with E-state index >= 15 is 0 Å². The first-order valence-corrected chi connectivity index (χ1v) is 6.64. The van der Waals surface area contributed by atoms with Crippen LogP contribution in [-0.2, 0) is 4.79 Å². The second kappa shape index (κ2) is 5.89. The van der Waals surface area contributed by atoms with Gasteiger partial charge in [-0.1, -0.05) is 12.1 Å². The summed E-state index contributed by atoms with van der Waals surface area (Å²) in [6.07, 6.45) is 2.63. The standard InChI is InChI=1S/C15H21NO2/c1-12-6-7-13(2)14(11-12)18-10-4-9-16-8-3-5-15(16)17/h6-7,11H,3-5,8-10H2,1-2H3. The maximum absolute atomic E-state index is 11.4. The molecule has 0 aliphatic carbocycles. The summed E-state index contributed by atoms with van der Waals surface area (Å²) >= 11 is 0. The van der Waals surface area contributed by atoms with Gasteiger partial charge in [-0.05, 0) is 43.9 Å². The molecule has 1 fully saturated rings. The van der Waals surface area contributed by atoms with Crippen LogP contribution in [0.15, 0.2) is 18.2 Å². The zero-order valence-electron chi connectivity index (χ0n) is 11.2. The maximum Gasteiger partial charge on any atom is 0.222 e. The highest BCUT2D eigenvalue weighted by Gasteiger charge is 2.18. The lowest BCUT2D eigenvalue weighted by atomic mass is 10.1. The molecule has 0 bridgehead atoms. The molecule has 1 aromatic carbocycles. The summed E-state index contributed by atoms with van der Waals surface area (Å²) in [5.41, 5.74) is 2.38. The average molecular weight is 247 g/mol. The van der Waals surface area contributed by atoms with Crippen molar-refractivity contribution in [2.24, 2.45) is 0 Å². The quantitative estimate of drug-likeness (QED) is 0.749. The molecule has 0 atom stereocenters. The van der Waals surface area contributed by atoms with E-state index in [1.54, 1.807) is 0 Å². The molecular weight excluding hydrogens is 226 g/mol. The summed E-state index contributed by atoms with van der Waals surface area (Å²) in [5, 5.41) is 0. The number of nitrogens with zero attached hydrogens (tertiary/aromatic N) is 1. The fourth-order valence-electron chi connectivity index (χ4n) is 2.24. The number of hydrogen-bond acceptors (Lipinski definition) is 2. The van der Waals surface area contributed by atoms with Gasteiger partial charge in [0.1, 0.15) is 5.75 Å². The average Bonchev–Trinajstić information content (AvgIpc) is 2.75. The highest BCUT2D eigenvalue weighted by molar-refractivity contribution is 5.77.